The summed E-state index contributed by atoms with van der Waals surface area (Å²) >= 11 is 0. The molecule has 9 nitrogen and oxygen atoms in total. The van der Waals surface area contributed by atoms with Gasteiger partial charge in [0, 0.05) is 6.08 Å². The van der Waals surface area contributed by atoms with Crippen LogP contribution in [0.3, 0.4) is 0 Å². The molecule has 2 bridgehead atoms. The summed E-state index contributed by atoms with van der Waals surface area (Å²) in [6.07, 6.45) is 3.39. The first-order chi connectivity index (χ1) is 11.5. The van der Waals surface area contributed by atoms with E-state index in [1.54, 1.807) is 11.0 Å². The number of carbonyl (C=O) groups is 3. The number of primary amides is 1. The van der Waals surface area contributed by atoms with E-state index in [0.29, 0.717) is 5.70 Å². The van der Waals surface area contributed by atoms with Gasteiger partial charge in [0.15, 0.2) is 0 Å². The molecule has 0 fully saturated rings. The first kappa shape index (κ1) is 16.3. The van der Waals surface area contributed by atoms with Crippen molar-refractivity contribution in [3.05, 3.63) is 59.1 Å². The Kier molecular flexibility index (Phi) is 3.78. The summed E-state index contributed by atoms with van der Waals surface area (Å²) in [5, 5.41) is 2.82. The lowest BCUT2D eigenvalue weighted by Gasteiger charge is -2.30. The number of nitrogens with one attached hydrogen (secondary N) is 1. The molecule has 1 atom stereocenters. The highest BCUT2D eigenvalue weighted by Crippen LogP contribution is 2.37. The minimum atomic E-state index is -1.07. The number of allylic oxidation sites excluding steroid dienone is 1. The second-order valence-corrected chi connectivity index (χ2v) is 5.22. The molecule has 3 heterocycles. The summed E-state index contributed by atoms with van der Waals surface area (Å²) in [6, 6.07) is 7.48. The molecule has 25 heavy (non-hydrogen) atoms. The Morgan fingerprint density at radius 1 is 1.20 bits per heavy atom. The largest absolute Gasteiger partial charge is 0.419 e. The number of rotatable bonds is 1. The van der Waals surface area contributed by atoms with Crippen LogP contribution in [-0.4, -0.2) is 29.7 Å². The summed E-state index contributed by atoms with van der Waals surface area (Å²) in [4.78, 5) is 37.1. The predicted molar refractivity (Wildman–Crippen MR) is 85.0 cm³/mol. The number of fused-ring (bicyclic) bond motifs is 6. The van der Waals surface area contributed by atoms with E-state index in [2.05, 4.69) is 5.32 Å². The summed E-state index contributed by atoms with van der Waals surface area (Å²) in [5.41, 5.74) is 6.74. The lowest BCUT2D eigenvalue weighted by atomic mass is 10.1. The number of carbonyl (C=O) groups excluding carboxylic acids is 3. The number of nitrogens with two attached hydrogens (primary N) is 1. The second kappa shape index (κ2) is 5.80. The maximum absolute atomic E-state index is 12.1. The van der Waals surface area contributed by atoms with Crippen LogP contribution in [-0.2, 0) is 23.9 Å². The molecule has 0 aromatic heterocycles. The van der Waals surface area contributed by atoms with Gasteiger partial charge in [0.2, 0.25) is 5.88 Å². The molecular weight excluding hydrogens is 330 g/mol. The number of hydrogen-bond donors (Lipinski definition) is 2. The van der Waals surface area contributed by atoms with Crippen LogP contribution in [0.25, 0.3) is 6.08 Å². The molecular formula is C16H13N3O6. The van der Waals surface area contributed by atoms with E-state index in [1.165, 1.54) is 0 Å². The van der Waals surface area contributed by atoms with Crippen molar-refractivity contribution < 1.29 is 29.3 Å². The number of nitrogens with zero attached hydrogens (tertiary/aromatic N) is 1. The Morgan fingerprint density at radius 2 is 1.96 bits per heavy atom. The Labute approximate surface area is 141 Å². The maximum atomic E-state index is 12.1. The van der Waals surface area contributed by atoms with Gasteiger partial charge in [-0.25, -0.2) is 9.59 Å². The molecule has 1 unspecified atom stereocenters. The van der Waals surface area contributed by atoms with Crippen molar-refractivity contribution in [2.75, 3.05) is 4.90 Å². The van der Waals surface area contributed by atoms with Gasteiger partial charge in [0.25, 0.3) is 12.3 Å². The third-order valence-corrected chi connectivity index (χ3v) is 3.77. The third-order valence-electron chi connectivity index (χ3n) is 3.77. The van der Waals surface area contributed by atoms with Gasteiger partial charge in [-0.05, 0) is 17.7 Å². The number of ether oxygens (including phenoxy) is 2. The van der Waals surface area contributed by atoms with Crippen LogP contribution >= 0.6 is 0 Å². The molecule has 1 aromatic carbocycles. The lowest BCUT2D eigenvalue weighted by Crippen LogP contribution is -2.41. The Balaban J connectivity index is 0.00000182. The van der Waals surface area contributed by atoms with Crippen LogP contribution in [0, 0.1) is 0 Å². The SMILES string of the molecule is NC(=O)/C1=C/C(=O)OC2NC(=C3C=Cc4ccccc4N32)OC1=O.O. The van der Waals surface area contributed by atoms with Crippen molar-refractivity contribution in [1.82, 2.24) is 5.32 Å². The van der Waals surface area contributed by atoms with Gasteiger partial charge in [0.1, 0.15) is 11.3 Å². The zero-order chi connectivity index (χ0) is 16.8. The highest BCUT2D eigenvalue weighted by atomic mass is 16.6. The summed E-state index contributed by atoms with van der Waals surface area (Å²) in [5.74, 6) is -2.89. The minimum absolute atomic E-state index is 0. The van der Waals surface area contributed by atoms with Crippen molar-refractivity contribution in [3.8, 4) is 0 Å². The van der Waals surface area contributed by atoms with E-state index in [1.807, 2.05) is 30.3 Å². The van der Waals surface area contributed by atoms with E-state index >= 15 is 0 Å². The number of para-hydroxylation sites is 1. The minimum Gasteiger partial charge on any atom is -0.419 e. The van der Waals surface area contributed by atoms with Crippen LogP contribution in [0.1, 0.15) is 5.56 Å². The zero-order valence-corrected chi connectivity index (χ0v) is 12.7. The van der Waals surface area contributed by atoms with Gasteiger partial charge in [-0.15, -0.1) is 0 Å². The standard InChI is InChI=1S/C16H11N3O5.H2O/c17-13(21)9-7-12(20)23-16-18-14(24-15(9)22)11-6-5-8-3-1-2-4-10(8)19(11)16;/h1-7,16,18H,(H2,17,21);1H2/b9-7-;. The normalized spacial score (nSPS) is 22.6. The molecule has 9 heteroatoms. The van der Waals surface area contributed by atoms with Gasteiger partial charge in [-0.1, -0.05) is 24.3 Å². The lowest BCUT2D eigenvalue weighted by molar-refractivity contribution is -0.143. The van der Waals surface area contributed by atoms with Crippen molar-refractivity contribution in [2.24, 2.45) is 5.73 Å². The Bertz CT molecular complexity index is 886. The van der Waals surface area contributed by atoms with Crippen LogP contribution < -0.4 is 16.0 Å². The summed E-state index contributed by atoms with van der Waals surface area (Å²) in [6.45, 7) is 0. The van der Waals surface area contributed by atoms with Gasteiger partial charge in [0.05, 0.1) is 5.69 Å². The molecule has 4 rings (SSSR count). The number of hydrogen-bond acceptors (Lipinski definition) is 7. The van der Waals surface area contributed by atoms with Crippen LogP contribution in [0.2, 0.25) is 0 Å². The monoisotopic (exact) mass is 343 g/mol. The average molecular weight is 343 g/mol. The van der Waals surface area contributed by atoms with Gasteiger partial charge < -0.3 is 26.0 Å². The molecule has 1 aromatic rings. The molecule has 128 valence electrons. The third kappa shape index (κ3) is 2.52. The highest BCUT2D eigenvalue weighted by molar-refractivity contribution is 6.19. The summed E-state index contributed by atoms with van der Waals surface area (Å²) < 4.78 is 10.5. The molecule has 1 amide bonds. The quantitative estimate of drug-likeness (QED) is 0.505. The molecule has 0 saturated carbocycles. The van der Waals surface area contributed by atoms with E-state index in [4.69, 9.17) is 15.2 Å². The molecule has 3 aliphatic rings. The number of anilines is 1. The van der Waals surface area contributed by atoms with E-state index in [-0.39, 0.29) is 11.4 Å². The Hall–Kier alpha value is -3.59. The van der Waals surface area contributed by atoms with Crippen molar-refractivity contribution in [2.45, 2.75) is 6.35 Å². The number of amides is 1. The molecule has 0 radical (unpaired) electrons. The Morgan fingerprint density at radius 3 is 2.72 bits per heavy atom. The zero-order valence-electron chi connectivity index (χ0n) is 12.7. The van der Waals surface area contributed by atoms with Crippen LogP contribution in [0.15, 0.2) is 53.6 Å². The fourth-order valence-electron chi connectivity index (χ4n) is 2.72. The fourth-order valence-corrected chi connectivity index (χ4v) is 2.72. The van der Waals surface area contributed by atoms with E-state index < -0.39 is 29.8 Å². The predicted octanol–water partition coefficient (Wildman–Crippen LogP) is -0.737. The number of esters is 2. The topological polar surface area (TPSA) is 142 Å². The molecule has 5 N–H and O–H groups in total. The van der Waals surface area contributed by atoms with Crippen molar-refractivity contribution in [1.29, 1.82) is 0 Å². The number of benzene rings is 1. The molecule has 0 spiro atoms. The average Bonchev–Trinajstić information content (AvgIpc) is 2.92. The summed E-state index contributed by atoms with van der Waals surface area (Å²) in [7, 11) is 0. The van der Waals surface area contributed by atoms with Gasteiger partial charge in [-0.2, -0.15) is 0 Å². The van der Waals surface area contributed by atoms with Gasteiger partial charge in [-0.3, -0.25) is 9.69 Å². The second-order valence-electron chi connectivity index (χ2n) is 5.22. The van der Waals surface area contributed by atoms with Crippen molar-refractivity contribution >= 4 is 29.6 Å². The molecule has 0 aliphatic carbocycles. The van der Waals surface area contributed by atoms with E-state index in [9.17, 15) is 14.4 Å². The smallest absolute Gasteiger partial charge is 0.350 e. The first-order valence-electron chi connectivity index (χ1n) is 7.06. The van der Waals surface area contributed by atoms with Crippen molar-refractivity contribution in [3.63, 3.8) is 0 Å². The van der Waals surface area contributed by atoms with Gasteiger partial charge >= 0.3 is 11.9 Å². The molecule has 0 saturated heterocycles. The van der Waals surface area contributed by atoms with E-state index in [0.717, 1.165) is 17.3 Å². The highest BCUT2D eigenvalue weighted by Gasteiger charge is 2.40. The molecule has 3 aliphatic heterocycles. The fraction of sp³-hybridized carbons (Fsp3) is 0.0625. The van der Waals surface area contributed by atoms with Crippen LogP contribution in [0.5, 0.6) is 0 Å². The van der Waals surface area contributed by atoms with Crippen LogP contribution in [0.4, 0.5) is 5.69 Å². The first-order valence-corrected chi connectivity index (χ1v) is 7.06. The maximum Gasteiger partial charge on any atom is 0.350 e.